The fourth-order valence-electron chi connectivity index (χ4n) is 2.97. The zero-order valence-corrected chi connectivity index (χ0v) is 11.9. The molecule has 1 heterocycles. The fraction of sp³-hybridized carbons (Fsp3) is 0.933. The van der Waals surface area contributed by atoms with Gasteiger partial charge in [0.1, 0.15) is 0 Å². The van der Waals surface area contributed by atoms with Crippen LogP contribution < -0.4 is 5.32 Å². The van der Waals surface area contributed by atoms with Crippen molar-refractivity contribution in [1.29, 1.82) is 0 Å². The summed E-state index contributed by atoms with van der Waals surface area (Å²) in [6.45, 7) is 6.26. The van der Waals surface area contributed by atoms with E-state index in [2.05, 4.69) is 17.1 Å². The normalized spacial score (nSPS) is 30.6. The molecule has 2 saturated carbocycles. The maximum atomic E-state index is 12.8. The number of carbonyl (C=O) groups excluding carboxylic acids is 1. The molecule has 2 unspecified atom stereocenters. The lowest BCUT2D eigenvalue weighted by Crippen LogP contribution is -2.47. The van der Waals surface area contributed by atoms with Crippen molar-refractivity contribution in [2.75, 3.05) is 32.8 Å². The summed E-state index contributed by atoms with van der Waals surface area (Å²) in [7, 11) is 0. The van der Waals surface area contributed by atoms with E-state index in [0.29, 0.717) is 19.1 Å². The molecule has 4 heteroatoms. The zero-order valence-electron chi connectivity index (χ0n) is 11.9. The van der Waals surface area contributed by atoms with Crippen LogP contribution in [0.3, 0.4) is 0 Å². The monoisotopic (exact) mass is 266 g/mol. The van der Waals surface area contributed by atoms with Crippen LogP contribution in [0.25, 0.3) is 0 Å². The highest BCUT2D eigenvalue weighted by Crippen LogP contribution is 2.34. The number of hydrogen-bond donors (Lipinski definition) is 1. The van der Waals surface area contributed by atoms with Crippen molar-refractivity contribution in [3.8, 4) is 0 Å². The molecule has 1 aliphatic heterocycles. The van der Waals surface area contributed by atoms with Gasteiger partial charge in [-0.1, -0.05) is 6.92 Å². The Bertz CT molecular complexity index is 312. The Morgan fingerprint density at radius 3 is 2.32 bits per heavy atom. The molecule has 1 N–H and O–H groups in total. The van der Waals surface area contributed by atoms with E-state index < -0.39 is 0 Å². The van der Waals surface area contributed by atoms with Crippen LogP contribution >= 0.6 is 0 Å². The van der Waals surface area contributed by atoms with Crippen molar-refractivity contribution in [2.45, 2.75) is 38.6 Å². The lowest BCUT2D eigenvalue weighted by atomic mass is 10.0. The summed E-state index contributed by atoms with van der Waals surface area (Å²) in [5.74, 6) is 1.94. The van der Waals surface area contributed by atoms with Gasteiger partial charge in [0, 0.05) is 19.1 Å². The van der Waals surface area contributed by atoms with Crippen molar-refractivity contribution in [1.82, 2.24) is 10.2 Å². The van der Waals surface area contributed by atoms with E-state index in [1.54, 1.807) is 0 Å². The third-order valence-electron chi connectivity index (χ3n) is 4.53. The highest BCUT2D eigenvalue weighted by molar-refractivity contribution is 5.80. The van der Waals surface area contributed by atoms with Gasteiger partial charge in [0.2, 0.25) is 5.91 Å². The molecule has 4 nitrogen and oxygen atoms in total. The Morgan fingerprint density at radius 2 is 1.79 bits per heavy atom. The minimum atomic E-state index is 0.0393. The van der Waals surface area contributed by atoms with E-state index in [1.807, 2.05) is 0 Å². The standard InChI is InChI=1S/C15H26N2O2/c1-2-16-14-10-19-9-13(14)15(18)17(7-11-3-4-11)8-12-5-6-12/h11-14,16H,2-10H2,1H3. The molecule has 3 aliphatic rings. The zero-order chi connectivity index (χ0) is 13.2. The van der Waals surface area contributed by atoms with Crippen molar-refractivity contribution in [2.24, 2.45) is 17.8 Å². The third-order valence-corrected chi connectivity index (χ3v) is 4.53. The molecule has 108 valence electrons. The second-order valence-corrected chi connectivity index (χ2v) is 6.44. The first-order chi connectivity index (χ1) is 9.28. The molecule has 3 rings (SSSR count). The van der Waals surface area contributed by atoms with Gasteiger partial charge >= 0.3 is 0 Å². The SMILES string of the molecule is CCNC1COCC1C(=O)N(CC1CC1)CC1CC1. The molecule has 2 atom stereocenters. The molecule has 0 aromatic carbocycles. The number of ether oxygens (including phenoxy) is 1. The van der Waals surface area contributed by atoms with Gasteiger partial charge in [-0.25, -0.2) is 0 Å². The largest absolute Gasteiger partial charge is 0.379 e. The quantitative estimate of drug-likeness (QED) is 0.754. The lowest BCUT2D eigenvalue weighted by molar-refractivity contribution is -0.136. The van der Waals surface area contributed by atoms with E-state index in [4.69, 9.17) is 4.74 Å². The van der Waals surface area contributed by atoms with Crippen LogP contribution in [0.5, 0.6) is 0 Å². The average Bonchev–Trinajstić information content (AvgIpc) is 3.31. The summed E-state index contributed by atoms with van der Waals surface area (Å²) in [6, 6.07) is 0.221. The first kappa shape index (κ1) is 13.4. The predicted octanol–water partition coefficient (Wildman–Crippen LogP) is 1.26. The Kier molecular flexibility index (Phi) is 4.08. The summed E-state index contributed by atoms with van der Waals surface area (Å²) in [4.78, 5) is 14.9. The fourth-order valence-corrected chi connectivity index (χ4v) is 2.97. The Hall–Kier alpha value is -0.610. The highest BCUT2D eigenvalue weighted by atomic mass is 16.5. The van der Waals surface area contributed by atoms with Gasteiger partial charge in [0.15, 0.2) is 0 Å². The number of nitrogens with one attached hydrogen (secondary N) is 1. The number of rotatable bonds is 7. The van der Waals surface area contributed by atoms with Gasteiger partial charge in [0.05, 0.1) is 19.1 Å². The second kappa shape index (κ2) is 5.80. The van der Waals surface area contributed by atoms with E-state index in [1.165, 1.54) is 25.7 Å². The van der Waals surface area contributed by atoms with E-state index in [0.717, 1.165) is 31.5 Å². The van der Waals surface area contributed by atoms with E-state index >= 15 is 0 Å². The number of nitrogens with zero attached hydrogens (tertiary/aromatic N) is 1. The molecule has 0 aromatic rings. The minimum Gasteiger partial charge on any atom is -0.379 e. The molecule has 0 radical (unpaired) electrons. The molecule has 0 spiro atoms. The molecule has 1 amide bonds. The van der Waals surface area contributed by atoms with Crippen molar-refractivity contribution in [3.63, 3.8) is 0 Å². The van der Waals surface area contributed by atoms with Gasteiger partial charge in [-0.2, -0.15) is 0 Å². The highest BCUT2D eigenvalue weighted by Gasteiger charge is 2.39. The van der Waals surface area contributed by atoms with Crippen molar-refractivity contribution < 1.29 is 9.53 Å². The first-order valence-corrected chi connectivity index (χ1v) is 7.87. The van der Waals surface area contributed by atoms with Crippen LogP contribution in [0.4, 0.5) is 0 Å². The third kappa shape index (κ3) is 3.48. The molecular weight excluding hydrogens is 240 g/mol. The maximum Gasteiger partial charge on any atom is 0.229 e. The van der Waals surface area contributed by atoms with Crippen molar-refractivity contribution >= 4 is 5.91 Å². The van der Waals surface area contributed by atoms with Crippen molar-refractivity contribution in [3.05, 3.63) is 0 Å². The van der Waals surface area contributed by atoms with Gasteiger partial charge in [0.25, 0.3) is 0 Å². The van der Waals surface area contributed by atoms with Crippen LogP contribution in [0.1, 0.15) is 32.6 Å². The smallest absolute Gasteiger partial charge is 0.229 e. The molecule has 19 heavy (non-hydrogen) atoms. The Morgan fingerprint density at radius 1 is 1.16 bits per heavy atom. The molecule has 0 aromatic heterocycles. The van der Waals surface area contributed by atoms with Crippen LogP contribution in [0.2, 0.25) is 0 Å². The van der Waals surface area contributed by atoms with Gasteiger partial charge in [-0.05, 0) is 44.1 Å². The van der Waals surface area contributed by atoms with E-state index in [9.17, 15) is 4.79 Å². The molecule has 2 aliphatic carbocycles. The maximum absolute atomic E-state index is 12.8. The second-order valence-electron chi connectivity index (χ2n) is 6.44. The topological polar surface area (TPSA) is 41.6 Å². The predicted molar refractivity (Wildman–Crippen MR) is 73.8 cm³/mol. The summed E-state index contributed by atoms with van der Waals surface area (Å²) in [6.07, 6.45) is 5.25. The number of likely N-dealkylation sites (N-methyl/N-ethyl adjacent to an activating group) is 1. The summed E-state index contributed by atoms with van der Waals surface area (Å²) >= 11 is 0. The Labute approximate surface area is 115 Å². The van der Waals surface area contributed by atoms with Crippen LogP contribution in [0, 0.1) is 17.8 Å². The molecule has 3 fully saturated rings. The summed E-state index contributed by atoms with van der Waals surface area (Å²) < 4.78 is 5.52. The molecule has 1 saturated heterocycles. The first-order valence-electron chi connectivity index (χ1n) is 7.87. The van der Waals surface area contributed by atoms with Crippen LogP contribution in [0.15, 0.2) is 0 Å². The van der Waals surface area contributed by atoms with Crippen LogP contribution in [-0.2, 0) is 9.53 Å². The minimum absolute atomic E-state index is 0.0393. The van der Waals surface area contributed by atoms with Gasteiger partial charge < -0.3 is 15.0 Å². The molecular formula is C15H26N2O2. The van der Waals surface area contributed by atoms with Crippen LogP contribution in [-0.4, -0.2) is 49.7 Å². The number of hydrogen-bond acceptors (Lipinski definition) is 3. The van der Waals surface area contributed by atoms with Gasteiger partial charge in [-0.3, -0.25) is 4.79 Å². The average molecular weight is 266 g/mol. The lowest BCUT2D eigenvalue weighted by Gasteiger charge is -2.28. The van der Waals surface area contributed by atoms with E-state index in [-0.39, 0.29) is 12.0 Å². The van der Waals surface area contributed by atoms with Gasteiger partial charge in [-0.15, -0.1) is 0 Å². The number of amides is 1. The Balaban J connectivity index is 1.60. The number of carbonyl (C=O) groups is 1. The molecule has 0 bridgehead atoms. The summed E-state index contributed by atoms with van der Waals surface area (Å²) in [5, 5.41) is 3.40. The summed E-state index contributed by atoms with van der Waals surface area (Å²) in [5.41, 5.74) is 0.